The molecule has 10 heteroatoms. The van der Waals surface area contributed by atoms with Crippen molar-refractivity contribution in [2.45, 2.75) is 68.7 Å². The molecule has 1 amide bonds. The molecule has 0 aromatic heterocycles. The highest BCUT2D eigenvalue weighted by Crippen LogP contribution is 2.24. The molecule has 1 fully saturated rings. The SMILES string of the molecule is CC(=O)NC(COC1C(O)C(O)C(O)C(O)C1O)C(O)C(C)O. The third-order valence-electron chi connectivity index (χ3n) is 3.84. The van der Waals surface area contributed by atoms with Gasteiger partial charge in [-0.15, -0.1) is 0 Å². The van der Waals surface area contributed by atoms with Crippen LogP contribution < -0.4 is 5.32 Å². The van der Waals surface area contributed by atoms with Gasteiger partial charge in [-0.05, 0) is 6.92 Å². The van der Waals surface area contributed by atoms with Gasteiger partial charge in [-0.2, -0.15) is 0 Å². The van der Waals surface area contributed by atoms with Crippen LogP contribution in [-0.4, -0.2) is 103 Å². The zero-order valence-corrected chi connectivity index (χ0v) is 12.9. The average molecular weight is 339 g/mol. The first-order chi connectivity index (χ1) is 10.6. The average Bonchev–Trinajstić information content (AvgIpc) is 2.48. The molecule has 0 aliphatic heterocycles. The van der Waals surface area contributed by atoms with Gasteiger partial charge in [0.25, 0.3) is 0 Å². The summed E-state index contributed by atoms with van der Waals surface area (Å²) in [4.78, 5) is 11.1. The van der Waals surface area contributed by atoms with Crippen LogP contribution >= 0.6 is 0 Å². The van der Waals surface area contributed by atoms with Crippen LogP contribution in [0.2, 0.25) is 0 Å². The van der Waals surface area contributed by atoms with E-state index in [0.29, 0.717) is 0 Å². The molecule has 0 aromatic carbocycles. The Morgan fingerprint density at radius 1 is 1.00 bits per heavy atom. The van der Waals surface area contributed by atoms with Gasteiger partial charge in [-0.1, -0.05) is 0 Å². The molecule has 1 saturated carbocycles. The Morgan fingerprint density at radius 2 is 1.43 bits per heavy atom. The first kappa shape index (κ1) is 20.2. The van der Waals surface area contributed by atoms with Crippen molar-refractivity contribution in [2.24, 2.45) is 0 Å². The number of carbonyl (C=O) groups excluding carboxylic acids is 1. The number of carbonyl (C=O) groups is 1. The Labute approximate surface area is 132 Å². The molecule has 0 bridgehead atoms. The zero-order valence-electron chi connectivity index (χ0n) is 12.9. The van der Waals surface area contributed by atoms with Crippen molar-refractivity contribution in [3.05, 3.63) is 0 Å². The zero-order chi connectivity index (χ0) is 17.9. The second-order valence-electron chi connectivity index (χ2n) is 5.79. The minimum atomic E-state index is -1.74. The Morgan fingerprint density at radius 3 is 1.83 bits per heavy atom. The molecule has 1 rings (SSSR count). The number of ether oxygens (including phenoxy) is 1. The molecule has 0 aromatic rings. The third kappa shape index (κ3) is 4.81. The lowest BCUT2D eigenvalue weighted by molar-refractivity contribution is -0.237. The molecule has 1 aliphatic carbocycles. The van der Waals surface area contributed by atoms with Crippen LogP contribution in [0.1, 0.15) is 13.8 Å². The molecule has 0 saturated heterocycles. The summed E-state index contributed by atoms with van der Waals surface area (Å²) in [6, 6.07) is -1.05. The molecule has 8 N–H and O–H groups in total. The number of hydrogen-bond acceptors (Lipinski definition) is 9. The first-order valence-corrected chi connectivity index (χ1v) is 7.23. The number of rotatable bonds is 6. The highest BCUT2D eigenvalue weighted by Gasteiger charge is 2.49. The monoisotopic (exact) mass is 339 g/mol. The van der Waals surface area contributed by atoms with E-state index in [4.69, 9.17) is 4.74 Å². The van der Waals surface area contributed by atoms with Gasteiger partial charge >= 0.3 is 0 Å². The van der Waals surface area contributed by atoms with Crippen LogP contribution in [0.4, 0.5) is 0 Å². The lowest BCUT2D eigenvalue weighted by atomic mass is 9.85. The van der Waals surface area contributed by atoms with E-state index < -0.39 is 67.4 Å². The van der Waals surface area contributed by atoms with E-state index in [1.807, 2.05) is 0 Å². The predicted molar refractivity (Wildman–Crippen MR) is 75.1 cm³/mol. The maximum atomic E-state index is 11.1. The van der Waals surface area contributed by atoms with Gasteiger partial charge < -0.3 is 45.8 Å². The van der Waals surface area contributed by atoms with Crippen LogP contribution in [0, 0.1) is 0 Å². The summed E-state index contributed by atoms with van der Waals surface area (Å²) < 4.78 is 5.21. The van der Waals surface area contributed by atoms with Crippen molar-refractivity contribution >= 4 is 5.91 Å². The molecule has 23 heavy (non-hydrogen) atoms. The van der Waals surface area contributed by atoms with Gasteiger partial charge in [0.05, 0.1) is 18.8 Å². The lowest BCUT2D eigenvalue weighted by Crippen LogP contribution is -2.65. The summed E-state index contributed by atoms with van der Waals surface area (Å²) in [5, 5.41) is 69.9. The van der Waals surface area contributed by atoms with Crippen molar-refractivity contribution < 1.29 is 45.3 Å². The molecular weight excluding hydrogens is 314 g/mol. The van der Waals surface area contributed by atoms with Crippen molar-refractivity contribution in [1.82, 2.24) is 5.32 Å². The predicted octanol–water partition coefficient (Wildman–Crippen LogP) is -4.56. The van der Waals surface area contributed by atoms with Crippen LogP contribution in [0.25, 0.3) is 0 Å². The molecule has 0 heterocycles. The van der Waals surface area contributed by atoms with E-state index in [1.165, 1.54) is 13.8 Å². The topological polar surface area (TPSA) is 180 Å². The molecule has 1 aliphatic rings. The van der Waals surface area contributed by atoms with E-state index in [9.17, 15) is 40.5 Å². The molecule has 10 nitrogen and oxygen atoms in total. The normalized spacial score (nSPS) is 38.7. The number of aliphatic hydroxyl groups excluding tert-OH is 7. The number of amides is 1. The Bertz CT molecular complexity index is 378. The van der Waals surface area contributed by atoms with Gasteiger partial charge in [0.2, 0.25) is 5.91 Å². The maximum absolute atomic E-state index is 11.1. The second kappa shape index (κ2) is 8.31. The fraction of sp³-hybridized carbons (Fsp3) is 0.923. The van der Waals surface area contributed by atoms with Gasteiger partial charge in [0, 0.05) is 6.92 Å². The number of hydrogen-bond donors (Lipinski definition) is 8. The summed E-state index contributed by atoms with van der Waals surface area (Å²) >= 11 is 0. The van der Waals surface area contributed by atoms with Crippen molar-refractivity contribution in [3.63, 3.8) is 0 Å². The van der Waals surface area contributed by atoms with Gasteiger partial charge in [-0.25, -0.2) is 0 Å². The van der Waals surface area contributed by atoms with Gasteiger partial charge in [0.1, 0.15) is 42.7 Å². The van der Waals surface area contributed by atoms with E-state index in [2.05, 4.69) is 5.32 Å². The fourth-order valence-electron chi connectivity index (χ4n) is 2.43. The van der Waals surface area contributed by atoms with Gasteiger partial charge in [0.15, 0.2) is 0 Å². The Kier molecular flexibility index (Phi) is 7.29. The second-order valence-corrected chi connectivity index (χ2v) is 5.79. The van der Waals surface area contributed by atoms with Crippen LogP contribution in [0.3, 0.4) is 0 Å². The fourth-order valence-corrected chi connectivity index (χ4v) is 2.43. The maximum Gasteiger partial charge on any atom is 0.217 e. The number of aliphatic hydroxyl groups is 7. The Balaban J connectivity index is 2.76. The quantitative estimate of drug-likeness (QED) is 0.236. The summed E-state index contributed by atoms with van der Waals surface area (Å²) in [5.74, 6) is -0.501. The summed E-state index contributed by atoms with van der Waals surface area (Å²) in [6.45, 7) is 2.07. The van der Waals surface area contributed by atoms with Crippen LogP contribution in [0.15, 0.2) is 0 Å². The highest BCUT2D eigenvalue weighted by atomic mass is 16.5. The smallest absolute Gasteiger partial charge is 0.217 e. The Hall–Kier alpha value is -0.850. The minimum absolute atomic E-state index is 0.417. The summed E-state index contributed by atoms with van der Waals surface area (Å²) in [6.07, 6.45) is -12.6. The van der Waals surface area contributed by atoms with E-state index in [1.54, 1.807) is 0 Å². The van der Waals surface area contributed by atoms with E-state index in [-0.39, 0.29) is 0 Å². The highest BCUT2D eigenvalue weighted by molar-refractivity contribution is 5.73. The lowest BCUT2D eigenvalue weighted by Gasteiger charge is -2.42. The summed E-state index contributed by atoms with van der Waals surface area (Å²) in [5.41, 5.74) is 0. The largest absolute Gasteiger partial charge is 0.391 e. The van der Waals surface area contributed by atoms with Gasteiger partial charge in [-0.3, -0.25) is 4.79 Å². The van der Waals surface area contributed by atoms with Crippen molar-refractivity contribution in [1.29, 1.82) is 0 Å². The minimum Gasteiger partial charge on any atom is -0.391 e. The van der Waals surface area contributed by atoms with Crippen LogP contribution in [-0.2, 0) is 9.53 Å². The molecule has 7 unspecified atom stereocenters. The standard InChI is InChI=1S/C13H25NO9/c1-4(15)7(17)6(14-5(2)16)3-23-13-11(21)9(19)8(18)10(20)12(13)22/h4,6-13,15,17-22H,3H2,1-2H3,(H,14,16). The van der Waals surface area contributed by atoms with E-state index in [0.717, 1.165) is 0 Å². The van der Waals surface area contributed by atoms with Crippen molar-refractivity contribution in [2.75, 3.05) is 6.61 Å². The molecular formula is C13H25NO9. The number of nitrogens with one attached hydrogen (secondary N) is 1. The molecule has 7 atom stereocenters. The van der Waals surface area contributed by atoms with Crippen LogP contribution in [0.5, 0.6) is 0 Å². The molecule has 0 radical (unpaired) electrons. The third-order valence-corrected chi connectivity index (χ3v) is 3.84. The van der Waals surface area contributed by atoms with Crippen molar-refractivity contribution in [3.8, 4) is 0 Å². The summed E-state index contributed by atoms with van der Waals surface area (Å²) in [7, 11) is 0. The van der Waals surface area contributed by atoms with E-state index >= 15 is 0 Å². The molecule has 136 valence electrons. The molecule has 0 spiro atoms. The first-order valence-electron chi connectivity index (χ1n) is 7.23.